The highest BCUT2D eigenvalue weighted by atomic mass is 16.6. The van der Waals surface area contributed by atoms with Crippen molar-refractivity contribution in [1.29, 1.82) is 0 Å². The van der Waals surface area contributed by atoms with E-state index in [1.54, 1.807) is 0 Å². The van der Waals surface area contributed by atoms with Crippen molar-refractivity contribution >= 4 is 11.9 Å². The summed E-state index contributed by atoms with van der Waals surface area (Å²) in [6.45, 7) is 4.03. The molecular formula is C14H23NO3. The Kier molecular flexibility index (Phi) is 3.93. The summed E-state index contributed by atoms with van der Waals surface area (Å²) in [4.78, 5) is 23.9. The average molecular weight is 253 g/mol. The van der Waals surface area contributed by atoms with E-state index in [0.717, 1.165) is 32.1 Å². The van der Waals surface area contributed by atoms with Crippen molar-refractivity contribution in [1.82, 2.24) is 5.32 Å². The highest BCUT2D eigenvalue weighted by Crippen LogP contribution is 2.44. The minimum absolute atomic E-state index is 0.00269. The molecule has 0 aromatic heterocycles. The van der Waals surface area contributed by atoms with Gasteiger partial charge in [-0.05, 0) is 39.0 Å². The summed E-state index contributed by atoms with van der Waals surface area (Å²) in [5.41, 5.74) is -0.493. The Bertz CT molecular complexity index is 334. The minimum Gasteiger partial charge on any atom is -0.458 e. The molecule has 1 spiro atoms. The zero-order valence-electron chi connectivity index (χ0n) is 11.3. The molecule has 2 atom stereocenters. The van der Waals surface area contributed by atoms with E-state index in [4.69, 9.17) is 4.74 Å². The number of ether oxygens (including phenoxy) is 1. The van der Waals surface area contributed by atoms with Crippen molar-refractivity contribution in [2.45, 2.75) is 70.4 Å². The van der Waals surface area contributed by atoms with E-state index in [1.165, 1.54) is 6.42 Å². The molecule has 1 saturated heterocycles. The van der Waals surface area contributed by atoms with Gasteiger partial charge in [0.25, 0.3) is 0 Å². The Morgan fingerprint density at radius 2 is 2.11 bits per heavy atom. The van der Waals surface area contributed by atoms with Crippen LogP contribution < -0.4 is 5.32 Å². The van der Waals surface area contributed by atoms with E-state index in [2.05, 4.69) is 5.32 Å². The van der Waals surface area contributed by atoms with E-state index in [0.29, 0.717) is 0 Å². The normalized spacial score (nSPS) is 27.9. The molecule has 0 aromatic rings. The summed E-state index contributed by atoms with van der Waals surface area (Å²) in [5, 5.41) is 2.99. The van der Waals surface area contributed by atoms with Crippen LogP contribution in [0.15, 0.2) is 0 Å². The standard InChI is InChI=1S/C14H23NO3/c1-3-10(2)15-13(17)11-9-12(16)18-14(11)7-5-4-6-8-14/h10-11H,3-9H2,1-2H3,(H,15,17)/t10-,11-/m0/s1. The molecule has 2 fully saturated rings. The molecule has 1 aliphatic carbocycles. The van der Waals surface area contributed by atoms with Crippen LogP contribution in [0.1, 0.15) is 58.8 Å². The second-order valence-electron chi connectivity index (χ2n) is 5.67. The van der Waals surface area contributed by atoms with Gasteiger partial charge in [-0.3, -0.25) is 9.59 Å². The predicted octanol–water partition coefficient (Wildman–Crippen LogP) is 2.17. The van der Waals surface area contributed by atoms with Gasteiger partial charge in [-0.2, -0.15) is 0 Å². The van der Waals surface area contributed by atoms with Gasteiger partial charge in [0.1, 0.15) is 5.60 Å². The van der Waals surface area contributed by atoms with Crippen LogP contribution in [0.25, 0.3) is 0 Å². The number of rotatable bonds is 3. The van der Waals surface area contributed by atoms with Crippen LogP contribution in [0.5, 0.6) is 0 Å². The summed E-state index contributed by atoms with van der Waals surface area (Å²) in [7, 11) is 0. The van der Waals surface area contributed by atoms with Gasteiger partial charge in [0.05, 0.1) is 12.3 Å². The molecule has 2 aliphatic rings. The molecule has 18 heavy (non-hydrogen) atoms. The maximum atomic E-state index is 12.3. The monoisotopic (exact) mass is 253 g/mol. The summed E-state index contributed by atoms with van der Waals surface area (Å²) in [5.74, 6) is -0.488. The van der Waals surface area contributed by atoms with E-state index in [1.807, 2.05) is 13.8 Å². The Morgan fingerprint density at radius 3 is 2.72 bits per heavy atom. The van der Waals surface area contributed by atoms with Crippen molar-refractivity contribution in [3.05, 3.63) is 0 Å². The first-order chi connectivity index (χ1) is 8.57. The Morgan fingerprint density at radius 1 is 1.44 bits per heavy atom. The van der Waals surface area contributed by atoms with Gasteiger partial charge in [-0.15, -0.1) is 0 Å². The number of carbonyl (C=O) groups excluding carboxylic acids is 2. The highest BCUT2D eigenvalue weighted by Gasteiger charge is 2.52. The zero-order valence-corrected chi connectivity index (χ0v) is 11.3. The van der Waals surface area contributed by atoms with Crippen LogP contribution in [-0.4, -0.2) is 23.5 Å². The van der Waals surface area contributed by atoms with Crippen LogP contribution >= 0.6 is 0 Å². The highest BCUT2D eigenvalue weighted by molar-refractivity contribution is 5.88. The third-order valence-electron chi connectivity index (χ3n) is 4.34. The molecule has 4 nitrogen and oxygen atoms in total. The van der Waals surface area contributed by atoms with Crippen molar-refractivity contribution in [2.75, 3.05) is 0 Å². The third kappa shape index (κ3) is 2.52. The second-order valence-corrected chi connectivity index (χ2v) is 5.67. The lowest BCUT2D eigenvalue weighted by atomic mass is 9.75. The zero-order chi connectivity index (χ0) is 13.2. The van der Waals surface area contributed by atoms with Gasteiger partial charge in [-0.1, -0.05) is 13.3 Å². The van der Waals surface area contributed by atoms with E-state index < -0.39 is 5.60 Å². The first-order valence-electron chi connectivity index (χ1n) is 7.09. The van der Waals surface area contributed by atoms with Gasteiger partial charge in [0, 0.05) is 6.04 Å². The summed E-state index contributed by atoms with van der Waals surface area (Å²) < 4.78 is 5.54. The maximum Gasteiger partial charge on any atom is 0.307 e. The van der Waals surface area contributed by atoms with Crippen molar-refractivity contribution in [2.24, 2.45) is 5.92 Å². The first kappa shape index (κ1) is 13.4. The SMILES string of the molecule is CC[C@H](C)NC(=O)[C@@H]1CC(=O)OC12CCCCC2. The Labute approximate surface area is 108 Å². The number of esters is 1. The van der Waals surface area contributed by atoms with Crippen molar-refractivity contribution in [3.8, 4) is 0 Å². The lowest BCUT2D eigenvalue weighted by Gasteiger charge is -2.36. The van der Waals surface area contributed by atoms with Crippen LogP contribution in [0, 0.1) is 5.92 Å². The molecule has 1 heterocycles. The molecule has 1 N–H and O–H groups in total. The first-order valence-corrected chi connectivity index (χ1v) is 7.09. The average Bonchev–Trinajstić information content (AvgIpc) is 2.66. The number of hydrogen-bond donors (Lipinski definition) is 1. The van der Waals surface area contributed by atoms with Crippen molar-refractivity contribution in [3.63, 3.8) is 0 Å². The number of nitrogens with one attached hydrogen (secondary N) is 1. The van der Waals surface area contributed by atoms with E-state index in [-0.39, 0.29) is 30.3 Å². The topological polar surface area (TPSA) is 55.4 Å². The minimum atomic E-state index is -0.493. The fraction of sp³-hybridized carbons (Fsp3) is 0.857. The maximum absolute atomic E-state index is 12.3. The smallest absolute Gasteiger partial charge is 0.307 e. The van der Waals surface area contributed by atoms with Gasteiger partial charge >= 0.3 is 5.97 Å². The molecule has 102 valence electrons. The summed E-state index contributed by atoms with van der Waals surface area (Å²) in [6.07, 6.45) is 6.14. The van der Waals surface area contributed by atoms with Gasteiger partial charge in [-0.25, -0.2) is 0 Å². The molecule has 0 radical (unpaired) electrons. The lowest BCUT2D eigenvalue weighted by Crippen LogP contribution is -2.47. The van der Waals surface area contributed by atoms with Gasteiger partial charge < -0.3 is 10.1 Å². The number of carbonyl (C=O) groups is 2. The Hall–Kier alpha value is -1.06. The quantitative estimate of drug-likeness (QED) is 0.784. The van der Waals surface area contributed by atoms with Crippen LogP contribution in [0.3, 0.4) is 0 Å². The molecule has 1 aliphatic heterocycles. The molecule has 0 bridgehead atoms. The van der Waals surface area contributed by atoms with Crippen molar-refractivity contribution < 1.29 is 14.3 Å². The molecule has 2 rings (SSSR count). The van der Waals surface area contributed by atoms with Crippen LogP contribution in [0.2, 0.25) is 0 Å². The summed E-state index contributed by atoms with van der Waals surface area (Å²) >= 11 is 0. The molecule has 1 amide bonds. The fourth-order valence-corrected chi connectivity index (χ4v) is 3.07. The van der Waals surface area contributed by atoms with Crippen LogP contribution in [-0.2, 0) is 14.3 Å². The lowest BCUT2D eigenvalue weighted by molar-refractivity contribution is -0.153. The van der Waals surface area contributed by atoms with Gasteiger partial charge in [0.2, 0.25) is 5.91 Å². The second kappa shape index (κ2) is 5.29. The molecule has 0 unspecified atom stereocenters. The van der Waals surface area contributed by atoms with Crippen LogP contribution in [0.4, 0.5) is 0 Å². The number of hydrogen-bond acceptors (Lipinski definition) is 3. The third-order valence-corrected chi connectivity index (χ3v) is 4.34. The molecular weight excluding hydrogens is 230 g/mol. The van der Waals surface area contributed by atoms with Gasteiger partial charge in [0.15, 0.2) is 0 Å². The van der Waals surface area contributed by atoms with E-state index in [9.17, 15) is 9.59 Å². The largest absolute Gasteiger partial charge is 0.458 e. The van der Waals surface area contributed by atoms with E-state index >= 15 is 0 Å². The fourth-order valence-electron chi connectivity index (χ4n) is 3.07. The number of amides is 1. The molecule has 4 heteroatoms. The predicted molar refractivity (Wildman–Crippen MR) is 67.9 cm³/mol. The molecule has 0 aromatic carbocycles. The Balaban J connectivity index is 2.09. The summed E-state index contributed by atoms with van der Waals surface area (Å²) in [6, 6.07) is 0.161. The molecule has 1 saturated carbocycles.